The van der Waals surface area contributed by atoms with Crippen LogP contribution in [0, 0.1) is 5.92 Å². The van der Waals surface area contributed by atoms with Crippen LogP contribution >= 0.6 is 11.6 Å². The van der Waals surface area contributed by atoms with Gasteiger partial charge in [0.2, 0.25) is 0 Å². The second kappa shape index (κ2) is 4.09. The van der Waals surface area contributed by atoms with E-state index in [1.807, 2.05) is 6.92 Å². The summed E-state index contributed by atoms with van der Waals surface area (Å²) < 4.78 is 1.32. The van der Waals surface area contributed by atoms with Gasteiger partial charge in [-0.3, -0.25) is 14.3 Å². The van der Waals surface area contributed by atoms with Crippen molar-refractivity contribution in [3.8, 4) is 0 Å². The van der Waals surface area contributed by atoms with Crippen LogP contribution in [0.1, 0.15) is 38.3 Å². The fourth-order valence-electron chi connectivity index (χ4n) is 2.27. The second-order valence-electron chi connectivity index (χ2n) is 4.48. The molecule has 0 radical (unpaired) electrons. The van der Waals surface area contributed by atoms with Crippen LogP contribution in [0.4, 0.5) is 0 Å². The topological polar surface area (TPSA) is 54.9 Å². The summed E-state index contributed by atoms with van der Waals surface area (Å²) in [4.78, 5) is 26.3. The van der Waals surface area contributed by atoms with Crippen LogP contribution in [-0.4, -0.2) is 9.55 Å². The zero-order valence-corrected chi connectivity index (χ0v) is 10.2. The van der Waals surface area contributed by atoms with Gasteiger partial charge in [-0.1, -0.05) is 25.4 Å². The third kappa shape index (κ3) is 1.71. The van der Waals surface area contributed by atoms with Gasteiger partial charge in [-0.05, 0) is 25.2 Å². The lowest BCUT2D eigenvalue weighted by Crippen LogP contribution is -2.43. The average molecular weight is 243 g/mol. The summed E-state index contributed by atoms with van der Waals surface area (Å²) in [7, 11) is 0. The Morgan fingerprint density at radius 3 is 2.56 bits per heavy atom. The zero-order chi connectivity index (χ0) is 11.9. The van der Waals surface area contributed by atoms with Crippen molar-refractivity contribution in [2.24, 2.45) is 5.92 Å². The molecule has 0 amide bonds. The molecule has 16 heavy (non-hydrogen) atoms. The van der Waals surface area contributed by atoms with Gasteiger partial charge >= 0.3 is 5.69 Å². The number of nitrogens with zero attached hydrogens (tertiary/aromatic N) is 1. The summed E-state index contributed by atoms with van der Waals surface area (Å²) in [6.45, 7) is 3.97. The van der Waals surface area contributed by atoms with Crippen molar-refractivity contribution >= 4 is 11.6 Å². The monoisotopic (exact) mass is 242 g/mol. The van der Waals surface area contributed by atoms with Gasteiger partial charge in [0.1, 0.15) is 5.15 Å². The van der Waals surface area contributed by atoms with Gasteiger partial charge in [0, 0.05) is 6.04 Å². The van der Waals surface area contributed by atoms with Crippen molar-refractivity contribution in [1.29, 1.82) is 0 Å². The van der Waals surface area contributed by atoms with Gasteiger partial charge in [0.25, 0.3) is 5.56 Å². The van der Waals surface area contributed by atoms with Crippen molar-refractivity contribution in [2.45, 2.75) is 39.2 Å². The lowest BCUT2D eigenvalue weighted by Gasteiger charge is -2.33. The Morgan fingerprint density at radius 2 is 2.06 bits per heavy atom. The molecule has 1 aliphatic carbocycles. The van der Waals surface area contributed by atoms with Crippen LogP contribution in [0.3, 0.4) is 0 Å². The number of hydrogen-bond donors (Lipinski definition) is 1. The Bertz CT molecular complexity index is 512. The standard InChI is InChI=1S/C11H15ClN2O2/c1-3-8-9(12)13-11(16)14(10(8)15)7-4-6(2)5-7/h6-7H,3-5H2,1-2H3,(H,13,16). The lowest BCUT2D eigenvalue weighted by atomic mass is 9.81. The Balaban J connectivity index is 2.53. The molecule has 0 aliphatic heterocycles. The normalized spacial score (nSPS) is 24.2. The smallest absolute Gasteiger partial charge is 0.297 e. The molecule has 1 aromatic rings. The minimum absolute atomic E-state index is 0.0498. The van der Waals surface area contributed by atoms with Crippen molar-refractivity contribution in [1.82, 2.24) is 9.55 Å². The van der Waals surface area contributed by atoms with Gasteiger partial charge in [-0.2, -0.15) is 0 Å². The number of aromatic nitrogens is 2. The van der Waals surface area contributed by atoms with Gasteiger partial charge in [0.15, 0.2) is 0 Å². The molecule has 0 unspecified atom stereocenters. The quantitative estimate of drug-likeness (QED) is 0.803. The Morgan fingerprint density at radius 1 is 1.44 bits per heavy atom. The van der Waals surface area contributed by atoms with E-state index in [1.54, 1.807) is 0 Å². The molecular weight excluding hydrogens is 228 g/mol. The molecular formula is C11H15ClN2O2. The van der Waals surface area contributed by atoms with Crippen molar-refractivity contribution < 1.29 is 0 Å². The highest BCUT2D eigenvalue weighted by Gasteiger charge is 2.30. The summed E-state index contributed by atoms with van der Waals surface area (Å²) in [6, 6.07) is 0.0498. The number of H-pyrrole nitrogens is 1. The van der Waals surface area contributed by atoms with E-state index in [0.29, 0.717) is 17.9 Å². The van der Waals surface area contributed by atoms with E-state index >= 15 is 0 Å². The number of nitrogens with one attached hydrogen (secondary N) is 1. The van der Waals surface area contributed by atoms with Gasteiger partial charge in [-0.25, -0.2) is 4.79 Å². The maximum atomic E-state index is 12.0. The van der Waals surface area contributed by atoms with E-state index < -0.39 is 0 Å². The average Bonchev–Trinajstić information content (AvgIpc) is 2.15. The van der Waals surface area contributed by atoms with Gasteiger partial charge in [0.05, 0.1) is 5.56 Å². The molecule has 5 heteroatoms. The molecule has 1 aromatic heterocycles. The first kappa shape index (κ1) is 11.5. The largest absolute Gasteiger partial charge is 0.329 e. The number of rotatable bonds is 2. The first-order valence-electron chi connectivity index (χ1n) is 5.57. The molecule has 4 nitrogen and oxygen atoms in total. The summed E-state index contributed by atoms with van der Waals surface area (Å²) in [5.41, 5.74) is -0.113. The van der Waals surface area contributed by atoms with Crippen molar-refractivity contribution in [3.05, 3.63) is 31.6 Å². The highest BCUT2D eigenvalue weighted by atomic mass is 35.5. The molecule has 1 heterocycles. The summed E-state index contributed by atoms with van der Waals surface area (Å²) in [5.74, 6) is 0.594. The predicted molar refractivity (Wildman–Crippen MR) is 63.1 cm³/mol. The van der Waals surface area contributed by atoms with Gasteiger partial charge < -0.3 is 0 Å². The predicted octanol–water partition coefficient (Wildman–Crippen LogP) is 1.72. The SMILES string of the molecule is CCc1c(Cl)[nH]c(=O)n(C2CC(C)C2)c1=O. The van der Waals surface area contributed by atoms with E-state index in [9.17, 15) is 9.59 Å². The van der Waals surface area contributed by atoms with Crippen LogP contribution in [0.5, 0.6) is 0 Å². The second-order valence-corrected chi connectivity index (χ2v) is 4.86. The highest BCUT2D eigenvalue weighted by molar-refractivity contribution is 6.30. The van der Waals surface area contributed by atoms with E-state index in [0.717, 1.165) is 12.8 Å². The molecule has 0 aromatic carbocycles. The summed E-state index contributed by atoms with van der Waals surface area (Å²) in [5, 5.41) is 0.182. The van der Waals surface area contributed by atoms with Crippen LogP contribution < -0.4 is 11.2 Å². The number of aromatic amines is 1. The number of halogens is 1. The minimum Gasteiger partial charge on any atom is -0.297 e. The van der Waals surface area contributed by atoms with E-state index in [2.05, 4.69) is 11.9 Å². The van der Waals surface area contributed by atoms with E-state index in [1.165, 1.54) is 4.57 Å². The molecule has 0 saturated heterocycles. The molecule has 0 atom stereocenters. The highest BCUT2D eigenvalue weighted by Crippen LogP contribution is 2.35. The third-order valence-electron chi connectivity index (χ3n) is 3.24. The van der Waals surface area contributed by atoms with E-state index in [-0.39, 0.29) is 22.4 Å². The maximum absolute atomic E-state index is 12.0. The Labute approximate surface area is 98.3 Å². The van der Waals surface area contributed by atoms with Gasteiger partial charge in [-0.15, -0.1) is 0 Å². The minimum atomic E-state index is -0.385. The summed E-state index contributed by atoms with van der Waals surface area (Å²) in [6.07, 6.45) is 2.33. The fourth-order valence-corrected chi connectivity index (χ4v) is 2.57. The summed E-state index contributed by atoms with van der Waals surface area (Å²) >= 11 is 5.83. The zero-order valence-electron chi connectivity index (χ0n) is 9.42. The molecule has 2 rings (SSSR count). The van der Waals surface area contributed by atoms with Crippen molar-refractivity contribution in [3.63, 3.8) is 0 Å². The van der Waals surface area contributed by atoms with Crippen LogP contribution in [0.2, 0.25) is 5.15 Å². The van der Waals surface area contributed by atoms with Crippen molar-refractivity contribution in [2.75, 3.05) is 0 Å². The molecule has 0 bridgehead atoms. The lowest BCUT2D eigenvalue weighted by molar-refractivity contribution is 0.205. The first-order chi connectivity index (χ1) is 7.54. The molecule has 0 spiro atoms. The molecule has 1 N–H and O–H groups in total. The molecule has 1 saturated carbocycles. The molecule has 1 fully saturated rings. The maximum Gasteiger partial charge on any atom is 0.329 e. The Hall–Kier alpha value is -1.03. The number of hydrogen-bond acceptors (Lipinski definition) is 2. The third-order valence-corrected chi connectivity index (χ3v) is 3.57. The molecule has 88 valence electrons. The van der Waals surface area contributed by atoms with Crippen LogP contribution in [0.15, 0.2) is 9.59 Å². The van der Waals surface area contributed by atoms with E-state index in [4.69, 9.17) is 11.6 Å². The fraction of sp³-hybridized carbons (Fsp3) is 0.636. The molecule has 1 aliphatic rings. The first-order valence-corrected chi connectivity index (χ1v) is 5.95. The Kier molecular flexibility index (Phi) is 2.93. The van der Waals surface area contributed by atoms with Crippen LogP contribution in [0.25, 0.3) is 0 Å². The van der Waals surface area contributed by atoms with Crippen LogP contribution in [-0.2, 0) is 6.42 Å².